The molecule has 3 rings (SSSR count). The van der Waals surface area contributed by atoms with Crippen LogP contribution in [0.3, 0.4) is 0 Å². The van der Waals surface area contributed by atoms with E-state index in [1.54, 1.807) is 24.1 Å². The van der Waals surface area contributed by atoms with Gasteiger partial charge in [0, 0.05) is 29.9 Å². The van der Waals surface area contributed by atoms with E-state index in [4.69, 9.17) is 4.42 Å². The van der Waals surface area contributed by atoms with Crippen LogP contribution >= 0.6 is 11.8 Å². The minimum absolute atomic E-state index is 0.143. The minimum atomic E-state index is -0.146. The second kappa shape index (κ2) is 6.28. The summed E-state index contributed by atoms with van der Waals surface area (Å²) in [5, 5.41) is 0. The average Bonchev–Trinajstić information content (AvgIpc) is 3.10. The molecule has 0 radical (unpaired) electrons. The summed E-state index contributed by atoms with van der Waals surface area (Å²) in [4.78, 5) is 14.5. The van der Waals surface area contributed by atoms with Crippen molar-refractivity contribution in [2.75, 3.05) is 17.7 Å². The molecule has 23 heavy (non-hydrogen) atoms. The van der Waals surface area contributed by atoms with Gasteiger partial charge in [-0.1, -0.05) is 32.0 Å². The molecule has 0 atom stereocenters. The molecule has 0 spiro atoms. The van der Waals surface area contributed by atoms with Crippen molar-refractivity contribution in [2.45, 2.75) is 25.0 Å². The molecule has 0 saturated heterocycles. The lowest BCUT2D eigenvalue weighted by molar-refractivity contribution is -0.112. The summed E-state index contributed by atoms with van der Waals surface area (Å²) in [7, 11) is 2.03. The third-order valence-corrected chi connectivity index (χ3v) is 5.28. The molecule has 1 aromatic carbocycles. The van der Waals surface area contributed by atoms with Crippen molar-refractivity contribution in [3.8, 4) is 0 Å². The zero-order valence-electron chi connectivity index (χ0n) is 13.7. The van der Waals surface area contributed by atoms with Gasteiger partial charge in [-0.2, -0.15) is 0 Å². The summed E-state index contributed by atoms with van der Waals surface area (Å²) < 4.78 is 5.29. The van der Waals surface area contributed by atoms with Gasteiger partial charge < -0.3 is 9.32 Å². The number of anilines is 1. The number of allylic oxidation sites excluding steroid dienone is 2. The number of likely N-dealkylation sites (N-methyl/N-ethyl adjacent to an activating group) is 1. The molecule has 0 unspecified atom stereocenters. The smallest absolute Gasteiger partial charge is 0.167 e. The van der Waals surface area contributed by atoms with Gasteiger partial charge in [0.05, 0.1) is 17.8 Å². The Hall–Kier alpha value is -1.94. The molecule has 2 heterocycles. The van der Waals surface area contributed by atoms with Gasteiger partial charge in [0.2, 0.25) is 0 Å². The second-order valence-electron chi connectivity index (χ2n) is 6.27. The molecule has 0 fully saturated rings. The van der Waals surface area contributed by atoms with E-state index in [0.29, 0.717) is 5.75 Å². The summed E-state index contributed by atoms with van der Waals surface area (Å²) in [6.45, 7) is 4.34. The Labute approximate surface area is 141 Å². The second-order valence-corrected chi connectivity index (χ2v) is 7.25. The van der Waals surface area contributed by atoms with Crippen LogP contribution in [0.2, 0.25) is 0 Å². The number of benzene rings is 1. The Morgan fingerprint density at radius 2 is 2.04 bits per heavy atom. The largest absolute Gasteiger partial charge is 0.468 e. The number of carbonyl (C=O) groups excluding carboxylic acids is 1. The van der Waals surface area contributed by atoms with Crippen LogP contribution in [0.4, 0.5) is 5.69 Å². The van der Waals surface area contributed by atoms with Gasteiger partial charge >= 0.3 is 0 Å². The van der Waals surface area contributed by atoms with Crippen molar-refractivity contribution in [1.29, 1.82) is 0 Å². The number of fused-ring (bicyclic) bond motifs is 1. The van der Waals surface area contributed by atoms with Gasteiger partial charge in [-0.25, -0.2) is 0 Å². The fourth-order valence-electron chi connectivity index (χ4n) is 3.10. The number of para-hydroxylation sites is 1. The zero-order chi connectivity index (χ0) is 16.4. The molecule has 4 heteroatoms. The fraction of sp³-hybridized carbons (Fsp3) is 0.316. The first-order valence-corrected chi connectivity index (χ1v) is 8.84. The molecule has 2 aromatic rings. The highest BCUT2D eigenvalue weighted by Crippen LogP contribution is 2.46. The van der Waals surface area contributed by atoms with E-state index >= 15 is 0 Å². The molecule has 0 aliphatic carbocycles. The SMILES string of the molecule is CN1/C(=C\C(=O)CSCc2ccco2)C(C)(C)c2ccccc21. The maximum atomic E-state index is 12.4. The molecule has 0 saturated carbocycles. The highest BCUT2D eigenvalue weighted by Gasteiger charge is 2.38. The summed E-state index contributed by atoms with van der Waals surface area (Å²) in [6.07, 6.45) is 3.46. The van der Waals surface area contributed by atoms with Crippen LogP contribution < -0.4 is 4.90 Å². The van der Waals surface area contributed by atoms with E-state index in [2.05, 4.69) is 36.9 Å². The normalized spacial score (nSPS) is 17.5. The van der Waals surface area contributed by atoms with Crippen LogP contribution in [-0.2, 0) is 16.0 Å². The third-order valence-electron chi connectivity index (χ3n) is 4.31. The van der Waals surface area contributed by atoms with Crippen molar-refractivity contribution in [1.82, 2.24) is 0 Å². The van der Waals surface area contributed by atoms with Gasteiger partial charge in [0.1, 0.15) is 5.76 Å². The third kappa shape index (κ3) is 3.08. The highest BCUT2D eigenvalue weighted by molar-refractivity contribution is 7.99. The van der Waals surface area contributed by atoms with Crippen LogP contribution in [-0.4, -0.2) is 18.6 Å². The zero-order valence-corrected chi connectivity index (χ0v) is 14.5. The first-order valence-electron chi connectivity index (χ1n) is 7.68. The van der Waals surface area contributed by atoms with E-state index in [-0.39, 0.29) is 11.2 Å². The molecular weight excluding hydrogens is 306 g/mol. The lowest BCUT2D eigenvalue weighted by atomic mass is 9.83. The Kier molecular flexibility index (Phi) is 4.35. The molecule has 0 bridgehead atoms. The predicted octanol–water partition coefficient (Wildman–Crippen LogP) is 4.39. The topological polar surface area (TPSA) is 33.5 Å². The monoisotopic (exact) mass is 327 g/mol. The maximum Gasteiger partial charge on any atom is 0.167 e. The van der Waals surface area contributed by atoms with Crippen molar-refractivity contribution in [3.63, 3.8) is 0 Å². The molecule has 1 aliphatic heterocycles. The van der Waals surface area contributed by atoms with Crippen molar-refractivity contribution in [2.24, 2.45) is 0 Å². The molecule has 1 aromatic heterocycles. The quantitative estimate of drug-likeness (QED) is 0.763. The average molecular weight is 327 g/mol. The van der Waals surface area contributed by atoms with E-state index in [1.807, 2.05) is 25.2 Å². The number of hydrogen-bond acceptors (Lipinski definition) is 4. The van der Waals surface area contributed by atoms with Crippen molar-refractivity contribution in [3.05, 3.63) is 65.8 Å². The van der Waals surface area contributed by atoms with Crippen molar-refractivity contribution >= 4 is 23.2 Å². The summed E-state index contributed by atoms with van der Waals surface area (Å²) in [6, 6.07) is 12.1. The lowest BCUT2D eigenvalue weighted by Gasteiger charge is -2.23. The van der Waals surface area contributed by atoms with E-state index in [1.165, 1.54) is 11.3 Å². The van der Waals surface area contributed by atoms with E-state index in [9.17, 15) is 4.79 Å². The Balaban J connectivity index is 1.71. The fourth-order valence-corrected chi connectivity index (χ4v) is 3.85. The first-order chi connectivity index (χ1) is 11.0. The summed E-state index contributed by atoms with van der Waals surface area (Å²) in [5.41, 5.74) is 3.36. The highest BCUT2D eigenvalue weighted by atomic mass is 32.2. The van der Waals surface area contributed by atoms with Gasteiger partial charge in [-0.3, -0.25) is 4.79 Å². The number of rotatable bonds is 5. The van der Waals surface area contributed by atoms with E-state index < -0.39 is 0 Å². The Morgan fingerprint density at radius 3 is 2.74 bits per heavy atom. The molecule has 0 amide bonds. The number of hydrogen-bond donors (Lipinski definition) is 0. The summed E-state index contributed by atoms with van der Waals surface area (Å²) >= 11 is 1.58. The first kappa shape index (κ1) is 15.9. The predicted molar refractivity (Wildman–Crippen MR) is 95.8 cm³/mol. The number of nitrogens with zero attached hydrogens (tertiary/aromatic N) is 1. The van der Waals surface area contributed by atoms with Gasteiger partial charge in [-0.15, -0.1) is 11.8 Å². The number of ketones is 1. The molecule has 120 valence electrons. The Bertz CT molecular complexity index is 732. The number of furan rings is 1. The standard InChI is InChI=1S/C19H21NO2S/c1-19(2)16-8-4-5-9-17(16)20(3)18(19)11-14(21)12-23-13-15-7-6-10-22-15/h4-11H,12-13H2,1-3H3/b18-11-. The van der Waals surface area contributed by atoms with Gasteiger partial charge in [0.15, 0.2) is 5.78 Å². The molecule has 0 N–H and O–H groups in total. The number of thioether (sulfide) groups is 1. The molecule has 1 aliphatic rings. The molecule has 3 nitrogen and oxygen atoms in total. The minimum Gasteiger partial charge on any atom is -0.468 e. The van der Waals surface area contributed by atoms with Crippen molar-refractivity contribution < 1.29 is 9.21 Å². The molecular formula is C19H21NO2S. The summed E-state index contributed by atoms with van der Waals surface area (Å²) in [5.74, 6) is 2.23. The van der Waals surface area contributed by atoms with Gasteiger partial charge in [-0.05, 0) is 23.8 Å². The van der Waals surface area contributed by atoms with Crippen LogP contribution in [0.25, 0.3) is 0 Å². The van der Waals surface area contributed by atoms with Crippen LogP contribution in [0, 0.1) is 0 Å². The Morgan fingerprint density at radius 1 is 1.26 bits per heavy atom. The van der Waals surface area contributed by atoms with Crippen LogP contribution in [0.1, 0.15) is 25.2 Å². The van der Waals surface area contributed by atoms with Crippen LogP contribution in [0.15, 0.2) is 58.9 Å². The number of carbonyl (C=O) groups is 1. The lowest BCUT2D eigenvalue weighted by Crippen LogP contribution is -2.24. The van der Waals surface area contributed by atoms with E-state index in [0.717, 1.165) is 17.2 Å². The maximum absolute atomic E-state index is 12.4. The van der Waals surface area contributed by atoms with Gasteiger partial charge in [0.25, 0.3) is 0 Å². The van der Waals surface area contributed by atoms with Crippen LogP contribution in [0.5, 0.6) is 0 Å².